The minimum absolute atomic E-state index is 0.131. The van der Waals surface area contributed by atoms with Gasteiger partial charge in [-0.15, -0.1) is 11.8 Å². The summed E-state index contributed by atoms with van der Waals surface area (Å²) in [5, 5.41) is 2.82. The molecule has 1 N–H and O–H groups in total. The number of halogens is 1. The fourth-order valence-corrected chi connectivity index (χ4v) is 2.72. The Bertz CT molecular complexity index is 634. The molecule has 0 atom stereocenters. The fourth-order valence-electron chi connectivity index (χ4n) is 1.91. The number of thioether (sulfide) groups is 1. The van der Waals surface area contributed by atoms with Crippen LogP contribution in [0.4, 0.5) is 10.1 Å². The zero-order valence-corrected chi connectivity index (χ0v) is 13.2. The quantitative estimate of drug-likeness (QED) is 0.835. The molecule has 0 unspecified atom stereocenters. The van der Waals surface area contributed by atoms with Crippen LogP contribution >= 0.6 is 11.8 Å². The van der Waals surface area contributed by atoms with E-state index in [1.54, 1.807) is 24.3 Å². The number of benzene rings is 2. The van der Waals surface area contributed by atoms with Gasteiger partial charge in [0.05, 0.1) is 18.0 Å². The van der Waals surface area contributed by atoms with E-state index in [0.29, 0.717) is 29.4 Å². The lowest BCUT2D eigenvalue weighted by atomic mass is 10.2. The Morgan fingerprint density at radius 2 is 1.91 bits per heavy atom. The molecule has 0 fully saturated rings. The molecule has 2 rings (SSSR count). The van der Waals surface area contributed by atoms with Crippen LogP contribution < -0.4 is 10.1 Å². The normalized spacial score (nSPS) is 10.3. The first-order chi connectivity index (χ1) is 10.7. The Balaban J connectivity index is 1.85. The average Bonchev–Trinajstić information content (AvgIpc) is 2.51. The van der Waals surface area contributed by atoms with Crippen molar-refractivity contribution in [1.29, 1.82) is 0 Å². The summed E-state index contributed by atoms with van der Waals surface area (Å²) >= 11 is 1.37. The number of anilines is 1. The van der Waals surface area contributed by atoms with Crippen LogP contribution in [0.2, 0.25) is 0 Å². The molecule has 5 heteroatoms. The summed E-state index contributed by atoms with van der Waals surface area (Å²) in [7, 11) is 0. The molecule has 0 aliphatic rings. The maximum atomic E-state index is 13.5. The fraction of sp³-hybridized carbons (Fsp3) is 0.235. The standard InChI is InChI=1S/C17H18FNO2S/c1-2-21-16-10-6-5-9-15(16)19-17(20)12-22-11-13-7-3-4-8-14(13)18/h3-10H,2,11-12H2,1H3,(H,19,20). The maximum Gasteiger partial charge on any atom is 0.234 e. The molecule has 0 saturated carbocycles. The number of hydrogen-bond donors (Lipinski definition) is 1. The molecule has 22 heavy (non-hydrogen) atoms. The first-order valence-corrected chi connectivity index (χ1v) is 8.19. The zero-order chi connectivity index (χ0) is 15.8. The van der Waals surface area contributed by atoms with Crippen molar-refractivity contribution in [1.82, 2.24) is 0 Å². The highest BCUT2D eigenvalue weighted by atomic mass is 32.2. The van der Waals surface area contributed by atoms with Crippen LogP contribution in [-0.4, -0.2) is 18.3 Å². The van der Waals surface area contributed by atoms with Gasteiger partial charge in [0.1, 0.15) is 11.6 Å². The van der Waals surface area contributed by atoms with Crippen LogP contribution in [0, 0.1) is 5.82 Å². The van der Waals surface area contributed by atoms with E-state index in [1.807, 2.05) is 25.1 Å². The van der Waals surface area contributed by atoms with Crippen LogP contribution in [0.3, 0.4) is 0 Å². The molecule has 0 aliphatic carbocycles. The highest BCUT2D eigenvalue weighted by Crippen LogP contribution is 2.24. The highest BCUT2D eigenvalue weighted by molar-refractivity contribution is 7.99. The summed E-state index contributed by atoms with van der Waals surface area (Å²) in [6, 6.07) is 13.9. The smallest absolute Gasteiger partial charge is 0.234 e. The Morgan fingerprint density at radius 1 is 1.18 bits per heavy atom. The van der Waals surface area contributed by atoms with Gasteiger partial charge in [0.25, 0.3) is 0 Å². The number of amides is 1. The first kappa shape index (κ1) is 16.4. The topological polar surface area (TPSA) is 38.3 Å². The van der Waals surface area contributed by atoms with Crippen molar-refractivity contribution in [3.8, 4) is 5.75 Å². The maximum absolute atomic E-state index is 13.5. The Kier molecular flexibility index (Phi) is 6.27. The van der Waals surface area contributed by atoms with Gasteiger partial charge in [-0.2, -0.15) is 0 Å². The van der Waals surface area contributed by atoms with E-state index in [-0.39, 0.29) is 17.5 Å². The van der Waals surface area contributed by atoms with Gasteiger partial charge < -0.3 is 10.1 Å². The van der Waals surface area contributed by atoms with Gasteiger partial charge in [-0.25, -0.2) is 4.39 Å². The van der Waals surface area contributed by atoms with Crippen LogP contribution in [0.15, 0.2) is 48.5 Å². The number of carbonyl (C=O) groups is 1. The molecule has 2 aromatic rings. The predicted octanol–water partition coefficient (Wildman–Crippen LogP) is 4.10. The lowest BCUT2D eigenvalue weighted by Gasteiger charge is -2.11. The molecule has 0 aliphatic heterocycles. The number of rotatable bonds is 7. The van der Waals surface area contributed by atoms with Gasteiger partial charge in [0, 0.05) is 5.75 Å². The number of nitrogens with one attached hydrogen (secondary N) is 1. The van der Waals surface area contributed by atoms with Crippen molar-refractivity contribution in [3.05, 3.63) is 59.9 Å². The number of carbonyl (C=O) groups excluding carboxylic acids is 1. The minimum atomic E-state index is -0.239. The third kappa shape index (κ3) is 4.77. The van der Waals surface area contributed by atoms with E-state index in [1.165, 1.54) is 17.8 Å². The minimum Gasteiger partial charge on any atom is -0.492 e. The molecule has 0 bridgehead atoms. The van der Waals surface area contributed by atoms with Gasteiger partial charge in [0.2, 0.25) is 5.91 Å². The largest absolute Gasteiger partial charge is 0.492 e. The van der Waals surface area contributed by atoms with Crippen molar-refractivity contribution in [2.45, 2.75) is 12.7 Å². The molecule has 0 heterocycles. The average molecular weight is 319 g/mol. The van der Waals surface area contributed by atoms with Crippen LogP contribution in [0.5, 0.6) is 5.75 Å². The van der Waals surface area contributed by atoms with E-state index < -0.39 is 0 Å². The van der Waals surface area contributed by atoms with Gasteiger partial charge in [0.15, 0.2) is 0 Å². The summed E-state index contributed by atoms with van der Waals surface area (Å²) < 4.78 is 18.9. The Morgan fingerprint density at radius 3 is 2.68 bits per heavy atom. The molecule has 0 spiro atoms. The van der Waals surface area contributed by atoms with Crippen molar-refractivity contribution >= 4 is 23.4 Å². The van der Waals surface area contributed by atoms with Crippen LogP contribution in [-0.2, 0) is 10.5 Å². The monoisotopic (exact) mass is 319 g/mol. The van der Waals surface area contributed by atoms with Crippen LogP contribution in [0.25, 0.3) is 0 Å². The molecule has 116 valence electrons. The summed E-state index contributed by atoms with van der Waals surface area (Å²) in [6.45, 7) is 2.43. The SMILES string of the molecule is CCOc1ccccc1NC(=O)CSCc1ccccc1F. The molecule has 1 amide bonds. The van der Waals surface area contributed by atoms with Gasteiger partial charge in [-0.05, 0) is 30.7 Å². The number of para-hydroxylation sites is 2. The second-order valence-corrected chi connectivity index (χ2v) is 5.55. The number of ether oxygens (including phenoxy) is 1. The van der Waals surface area contributed by atoms with Gasteiger partial charge in [-0.1, -0.05) is 30.3 Å². The zero-order valence-electron chi connectivity index (χ0n) is 12.3. The summed E-state index contributed by atoms with van der Waals surface area (Å²) in [6.07, 6.45) is 0. The number of hydrogen-bond acceptors (Lipinski definition) is 3. The lowest BCUT2D eigenvalue weighted by Crippen LogP contribution is -2.15. The third-order valence-corrected chi connectivity index (χ3v) is 3.89. The molecule has 0 radical (unpaired) electrons. The molecule has 0 saturated heterocycles. The predicted molar refractivity (Wildman–Crippen MR) is 88.8 cm³/mol. The van der Waals surface area contributed by atoms with Crippen molar-refractivity contribution in [2.24, 2.45) is 0 Å². The Labute approximate surface area is 133 Å². The molecular formula is C17H18FNO2S. The van der Waals surface area contributed by atoms with E-state index in [2.05, 4.69) is 5.32 Å². The van der Waals surface area contributed by atoms with E-state index in [9.17, 15) is 9.18 Å². The van der Waals surface area contributed by atoms with Crippen molar-refractivity contribution in [2.75, 3.05) is 17.7 Å². The van der Waals surface area contributed by atoms with Gasteiger partial charge in [-0.3, -0.25) is 4.79 Å². The second kappa shape index (κ2) is 8.44. The molecule has 2 aromatic carbocycles. The van der Waals surface area contributed by atoms with E-state index in [0.717, 1.165) is 0 Å². The summed E-state index contributed by atoms with van der Waals surface area (Å²) in [5.41, 5.74) is 1.26. The molecular weight excluding hydrogens is 301 g/mol. The third-order valence-electron chi connectivity index (χ3n) is 2.91. The molecule has 3 nitrogen and oxygen atoms in total. The summed E-state index contributed by atoms with van der Waals surface area (Å²) in [5.74, 6) is 1.00. The Hall–Kier alpha value is -2.01. The second-order valence-electron chi connectivity index (χ2n) is 4.56. The van der Waals surface area contributed by atoms with Crippen molar-refractivity contribution in [3.63, 3.8) is 0 Å². The van der Waals surface area contributed by atoms with Gasteiger partial charge >= 0.3 is 0 Å². The van der Waals surface area contributed by atoms with E-state index in [4.69, 9.17) is 4.74 Å². The van der Waals surface area contributed by atoms with E-state index >= 15 is 0 Å². The molecule has 0 aromatic heterocycles. The van der Waals surface area contributed by atoms with Crippen LogP contribution in [0.1, 0.15) is 12.5 Å². The highest BCUT2D eigenvalue weighted by Gasteiger charge is 2.08. The lowest BCUT2D eigenvalue weighted by molar-refractivity contribution is -0.113. The van der Waals surface area contributed by atoms with Crippen molar-refractivity contribution < 1.29 is 13.9 Å². The first-order valence-electron chi connectivity index (χ1n) is 7.03. The summed E-state index contributed by atoms with van der Waals surface area (Å²) in [4.78, 5) is 12.0.